The van der Waals surface area contributed by atoms with Crippen molar-refractivity contribution in [3.05, 3.63) is 44.4 Å². The van der Waals surface area contributed by atoms with Crippen LogP contribution in [0.1, 0.15) is 30.1 Å². The first-order chi connectivity index (χ1) is 10.5. The molecule has 3 rings (SSSR count). The van der Waals surface area contributed by atoms with E-state index in [0.717, 1.165) is 29.4 Å². The Morgan fingerprint density at radius 3 is 2.68 bits per heavy atom. The molecule has 7 heteroatoms. The highest BCUT2D eigenvalue weighted by molar-refractivity contribution is 7.71. The van der Waals surface area contributed by atoms with E-state index in [0.29, 0.717) is 16.0 Å². The Labute approximate surface area is 145 Å². The van der Waals surface area contributed by atoms with Crippen LogP contribution in [0.15, 0.2) is 18.2 Å². The van der Waals surface area contributed by atoms with Crippen LogP contribution in [0.5, 0.6) is 0 Å². The van der Waals surface area contributed by atoms with E-state index in [4.69, 9.17) is 40.5 Å². The molecule has 2 aromatic rings. The predicted molar refractivity (Wildman–Crippen MR) is 91.1 cm³/mol. The summed E-state index contributed by atoms with van der Waals surface area (Å²) in [5.41, 5.74) is 1.15. The zero-order valence-corrected chi connectivity index (χ0v) is 15.0. The molecule has 1 heterocycles. The maximum atomic E-state index is 6.07. The second-order valence-corrected chi connectivity index (χ2v) is 7.19. The molecule has 1 fully saturated rings. The fourth-order valence-electron chi connectivity index (χ4n) is 2.61. The van der Waals surface area contributed by atoms with Crippen LogP contribution in [0.2, 0.25) is 10.0 Å². The molecule has 0 radical (unpaired) electrons. The average Bonchev–Trinajstić information content (AvgIpc) is 3.26. The highest BCUT2D eigenvalue weighted by Crippen LogP contribution is 2.38. The monoisotopic (exact) mass is 357 g/mol. The van der Waals surface area contributed by atoms with Crippen LogP contribution in [0.25, 0.3) is 0 Å². The van der Waals surface area contributed by atoms with Gasteiger partial charge >= 0.3 is 0 Å². The van der Waals surface area contributed by atoms with Crippen LogP contribution in [0.4, 0.5) is 0 Å². The molecule has 0 saturated heterocycles. The molecule has 1 aromatic heterocycles. The van der Waals surface area contributed by atoms with Gasteiger partial charge in [-0.3, -0.25) is 0 Å². The third-order valence-electron chi connectivity index (χ3n) is 3.93. The first-order valence-corrected chi connectivity index (χ1v) is 8.51. The van der Waals surface area contributed by atoms with E-state index in [1.54, 1.807) is 0 Å². The summed E-state index contributed by atoms with van der Waals surface area (Å²) < 4.78 is 4.75. The molecule has 0 aliphatic heterocycles. The largest absolute Gasteiger partial charge is 0.315 e. The highest BCUT2D eigenvalue weighted by Gasteiger charge is 2.29. The van der Waals surface area contributed by atoms with Crippen molar-refractivity contribution in [2.24, 2.45) is 7.05 Å². The lowest BCUT2D eigenvalue weighted by molar-refractivity contribution is -0.917. The fraction of sp³-hybridized carbons (Fsp3) is 0.467. The van der Waals surface area contributed by atoms with Crippen LogP contribution < -0.4 is 4.90 Å². The van der Waals surface area contributed by atoms with Gasteiger partial charge in [-0.2, -0.15) is 9.78 Å². The number of aromatic nitrogens is 3. The van der Waals surface area contributed by atoms with Crippen molar-refractivity contribution in [2.75, 3.05) is 7.05 Å². The zero-order chi connectivity index (χ0) is 15.9. The molecule has 1 aliphatic rings. The molecule has 0 bridgehead atoms. The molecule has 1 N–H and O–H groups in total. The van der Waals surface area contributed by atoms with E-state index in [1.165, 1.54) is 17.7 Å². The van der Waals surface area contributed by atoms with Gasteiger partial charge in [0.15, 0.2) is 6.67 Å². The topological polar surface area (TPSA) is 27.2 Å². The van der Waals surface area contributed by atoms with Crippen molar-refractivity contribution in [1.82, 2.24) is 14.3 Å². The van der Waals surface area contributed by atoms with Crippen LogP contribution in [0.3, 0.4) is 0 Å². The Bertz CT molecular complexity index is 748. The summed E-state index contributed by atoms with van der Waals surface area (Å²) in [6.45, 7) is 1.58. The van der Waals surface area contributed by atoms with E-state index in [9.17, 15) is 0 Å². The van der Waals surface area contributed by atoms with Crippen LogP contribution >= 0.6 is 35.4 Å². The second kappa shape index (κ2) is 6.32. The second-order valence-electron chi connectivity index (χ2n) is 6.01. The lowest BCUT2D eigenvalue weighted by atomic mass is 10.2. The van der Waals surface area contributed by atoms with E-state index >= 15 is 0 Å². The van der Waals surface area contributed by atoms with Gasteiger partial charge < -0.3 is 9.47 Å². The summed E-state index contributed by atoms with van der Waals surface area (Å²) in [4.78, 5) is 1.29. The minimum Gasteiger partial charge on any atom is -0.315 e. The lowest BCUT2D eigenvalue weighted by Gasteiger charge is -2.14. The van der Waals surface area contributed by atoms with Gasteiger partial charge in [0.25, 0.3) is 0 Å². The highest BCUT2D eigenvalue weighted by atomic mass is 35.5. The Kier molecular flexibility index (Phi) is 4.59. The molecule has 1 aromatic carbocycles. The molecule has 1 saturated carbocycles. The van der Waals surface area contributed by atoms with Crippen LogP contribution in [-0.4, -0.2) is 21.4 Å². The molecule has 1 atom stereocenters. The number of nitrogens with zero attached hydrogens (tertiary/aromatic N) is 3. The van der Waals surface area contributed by atoms with E-state index in [2.05, 4.69) is 7.05 Å². The van der Waals surface area contributed by atoms with E-state index in [-0.39, 0.29) is 0 Å². The Morgan fingerprint density at radius 1 is 1.32 bits per heavy atom. The third-order valence-corrected chi connectivity index (χ3v) is 5.15. The molecular formula is C15H19Cl2N4S+. The minimum atomic E-state index is 0.587. The number of nitrogens with one attached hydrogen (secondary N) is 1. The van der Waals surface area contributed by atoms with Crippen molar-refractivity contribution < 1.29 is 4.90 Å². The molecule has 118 valence electrons. The normalized spacial score (nSPS) is 16.0. The SMILES string of the molecule is Cn1c(C2CC2)nn(C[NH+](C)Cc2ccc(Cl)c(Cl)c2)c1=S. The molecule has 0 spiro atoms. The standard InChI is InChI=1S/C15H18Cl2N4S/c1-19(8-10-3-6-12(16)13(17)7-10)9-21-15(22)20(2)14(18-21)11-4-5-11/h3,6-7,11H,4-5,8-9H2,1-2H3/p+1. The molecule has 22 heavy (non-hydrogen) atoms. The van der Waals surface area contributed by atoms with E-state index < -0.39 is 0 Å². The summed E-state index contributed by atoms with van der Waals surface area (Å²) in [7, 11) is 4.13. The van der Waals surface area contributed by atoms with Crippen LogP contribution in [0, 0.1) is 4.77 Å². The van der Waals surface area contributed by atoms with Crippen molar-refractivity contribution in [3.63, 3.8) is 0 Å². The van der Waals surface area contributed by atoms with E-state index in [1.807, 2.05) is 34.5 Å². The third kappa shape index (κ3) is 3.38. The zero-order valence-electron chi connectivity index (χ0n) is 12.6. The molecule has 1 aliphatic carbocycles. The Hall–Kier alpha value is -0.880. The van der Waals surface area contributed by atoms with Gasteiger partial charge in [0.2, 0.25) is 4.77 Å². The number of benzene rings is 1. The van der Waals surface area contributed by atoms with Gasteiger partial charge in [-0.15, -0.1) is 0 Å². The fourth-order valence-corrected chi connectivity index (χ4v) is 3.13. The number of hydrogen-bond donors (Lipinski definition) is 1. The maximum absolute atomic E-state index is 6.07. The minimum absolute atomic E-state index is 0.587. The Balaban J connectivity index is 1.71. The van der Waals surface area contributed by atoms with Gasteiger partial charge in [0.1, 0.15) is 12.4 Å². The summed E-state index contributed by atoms with van der Waals surface area (Å²) in [5.74, 6) is 1.72. The quantitative estimate of drug-likeness (QED) is 0.833. The lowest BCUT2D eigenvalue weighted by Crippen LogP contribution is -3.07. The molecule has 0 amide bonds. The number of quaternary nitrogens is 1. The first-order valence-electron chi connectivity index (χ1n) is 7.34. The maximum Gasteiger partial charge on any atom is 0.202 e. The number of rotatable bonds is 5. The molecule has 1 unspecified atom stereocenters. The van der Waals surface area contributed by atoms with Gasteiger partial charge in [0.05, 0.1) is 17.1 Å². The Morgan fingerprint density at radius 2 is 2.05 bits per heavy atom. The average molecular weight is 358 g/mol. The summed E-state index contributed by atoms with van der Waals surface area (Å²) >= 11 is 17.5. The van der Waals surface area contributed by atoms with Gasteiger partial charge in [-0.1, -0.05) is 29.3 Å². The van der Waals surface area contributed by atoms with Crippen LogP contribution in [-0.2, 0) is 20.3 Å². The smallest absolute Gasteiger partial charge is 0.202 e. The van der Waals surface area contributed by atoms with Crippen molar-refractivity contribution >= 4 is 35.4 Å². The predicted octanol–water partition coefficient (Wildman–Crippen LogP) is 2.81. The first kappa shape index (κ1) is 16.0. The summed E-state index contributed by atoms with van der Waals surface area (Å²) in [6.07, 6.45) is 2.46. The van der Waals surface area contributed by atoms with Crippen molar-refractivity contribution in [1.29, 1.82) is 0 Å². The summed E-state index contributed by atoms with van der Waals surface area (Å²) in [5, 5.41) is 5.87. The molecular weight excluding hydrogens is 339 g/mol. The number of halogens is 2. The molecule has 4 nitrogen and oxygen atoms in total. The van der Waals surface area contributed by atoms with Gasteiger partial charge in [-0.25, -0.2) is 0 Å². The summed E-state index contributed by atoms with van der Waals surface area (Å²) in [6, 6.07) is 5.76. The van der Waals surface area contributed by atoms with Crippen molar-refractivity contribution in [2.45, 2.75) is 32.0 Å². The van der Waals surface area contributed by atoms with Gasteiger partial charge in [0, 0.05) is 18.5 Å². The van der Waals surface area contributed by atoms with Gasteiger partial charge in [-0.05, 0) is 37.2 Å². The van der Waals surface area contributed by atoms with Crippen molar-refractivity contribution in [3.8, 4) is 0 Å². The number of hydrogen-bond acceptors (Lipinski definition) is 2.